The molecule has 0 fully saturated rings. The molecule has 3 nitrogen and oxygen atoms in total. The van der Waals surface area contributed by atoms with Crippen molar-refractivity contribution in [2.75, 3.05) is 0 Å². The van der Waals surface area contributed by atoms with E-state index in [0.29, 0.717) is 5.39 Å². The SMILES string of the molecule is O=C(CC(O)(c1cc(Cl)cc(Cl)c1)C(F)(F)F)c1ccc2[nH]ccc2c1. The number of hydrogen-bond donors (Lipinski definition) is 2. The summed E-state index contributed by atoms with van der Waals surface area (Å²) >= 11 is 11.5. The number of fused-ring (bicyclic) bond motifs is 1. The summed E-state index contributed by atoms with van der Waals surface area (Å²) in [6.07, 6.45) is -4.64. The summed E-state index contributed by atoms with van der Waals surface area (Å²) in [6.45, 7) is 0. The maximum atomic E-state index is 13.6. The molecule has 0 radical (unpaired) electrons. The summed E-state index contributed by atoms with van der Waals surface area (Å²) in [7, 11) is 0. The van der Waals surface area contributed by atoms with Crippen LogP contribution in [0.3, 0.4) is 0 Å². The van der Waals surface area contributed by atoms with Crippen molar-refractivity contribution in [2.24, 2.45) is 0 Å². The van der Waals surface area contributed by atoms with Crippen LogP contribution in [-0.2, 0) is 5.60 Å². The highest BCUT2D eigenvalue weighted by atomic mass is 35.5. The van der Waals surface area contributed by atoms with Crippen molar-refractivity contribution in [2.45, 2.75) is 18.2 Å². The van der Waals surface area contributed by atoms with Crippen LogP contribution in [0.1, 0.15) is 22.3 Å². The van der Waals surface area contributed by atoms with Crippen LogP contribution in [0, 0.1) is 0 Å². The topological polar surface area (TPSA) is 53.1 Å². The fourth-order valence-electron chi connectivity index (χ4n) is 2.72. The molecule has 0 amide bonds. The second-order valence-electron chi connectivity index (χ2n) is 5.90. The second-order valence-corrected chi connectivity index (χ2v) is 6.77. The van der Waals surface area contributed by atoms with Crippen LogP contribution in [-0.4, -0.2) is 22.1 Å². The van der Waals surface area contributed by atoms with Crippen LogP contribution in [0.4, 0.5) is 13.2 Å². The number of halogens is 5. The molecule has 1 atom stereocenters. The summed E-state index contributed by atoms with van der Waals surface area (Å²) in [6, 6.07) is 9.29. The number of hydrogen-bond acceptors (Lipinski definition) is 2. The van der Waals surface area contributed by atoms with Crippen molar-refractivity contribution in [3.8, 4) is 0 Å². The number of benzene rings is 2. The first kappa shape index (κ1) is 18.8. The van der Waals surface area contributed by atoms with Crippen molar-refractivity contribution in [1.82, 2.24) is 4.98 Å². The van der Waals surface area contributed by atoms with Gasteiger partial charge in [-0.05, 0) is 48.0 Å². The van der Waals surface area contributed by atoms with Gasteiger partial charge in [0.1, 0.15) is 0 Å². The van der Waals surface area contributed by atoms with Gasteiger partial charge in [-0.1, -0.05) is 23.2 Å². The molecule has 3 rings (SSSR count). The number of Topliss-reactive ketones (excluding diaryl/α,β-unsaturated/α-hetero) is 1. The van der Waals surface area contributed by atoms with Crippen molar-refractivity contribution >= 4 is 39.9 Å². The number of ketones is 1. The van der Waals surface area contributed by atoms with Crippen molar-refractivity contribution in [3.05, 3.63) is 69.8 Å². The number of aromatic nitrogens is 1. The molecule has 1 aromatic heterocycles. The van der Waals surface area contributed by atoms with Crippen molar-refractivity contribution < 1.29 is 23.1 Å². The van der Waals surface area contributed by atoms with Gasteiger partial charge >= 0.3 is 6.18 Å². The van der Waals surface area contributed by atoms with E-state index in [2.05, 4.69) is 4.98 Å². The number of alkyl halides is 3. The first-order chi connectivity index (χ1) is 12.1. The molecule has 1 heterocycles. The number of nitrogens with one attached hydrogen (secondary N) is 1. The highest BCUT2D eigenvalue weighted by Crippen LogP contribution is 2.43. The van der Waals surface area contributed by atoms with Gasteiger partial charge in [0.05, 0.1) is 6.42 Å². The average Bonchev–Trinajstić information content (AvgIpc) is 3.00. The molecule has 2 aromatic carbocycles. The molecular formula is C18H12Cl2F3NO2. The zero-order valence-electron chi connectivity index (χ0n) is 13.1. The Morgan fingerprint density at radius 1 is 1.04 bits per heavy atom. The molecule has 8 heteroatoms. The minimum absolute atomic E-state index is 0.0629. The lowest BCUT2D eigenvalue weighted by atomic mass is 9.86. The highest BCUT2D eigenvalue weighted by Gasteiger charge is 2.56. The van der Waals surface area contributed by atoms with Crippen LogP contribution < -0.4 is 0 Å². The first-order valence-electron chi connectivity index (χ1n) is 7.46. The summed E-state index contributed by atoms with van der Waals surface area (Å²) in [5, 5.41) is 10.9. The van der Waals surface area contributed by atoms with Gasteiger partial charge in [-0.25, -0.2) is 0 Å². The third kappa shape index (κ3) is 3.45. The van der Waals surface area contributed by atoms with Gasteiger partial charge < -0.3 is 10.1 Å². The van der Waals surface area contributed by atoms with Gasteiger partial charge in [0.15, 0.2) is 11.4 Å². The number of rotatable bonds is 4. The summed E-state index contributed by atoms with van der Waals surface area (Å²) < 4.78 is 40.9. The number of carbonyl (C=O) groups is 1. The lowest BCUT2D eigenvalue weighted by molar-refractivity contribution is -0.264. The lowest BCUT2D eigenvalue weighted by Crippen LogP contribution is -2.44. The van der Waals surface area contributed by atoms with Crippen LogP contribution >= 0.6 is 23.2 Å². The average molecular weight is 402 g/mol. The predicted molar refractivity (Wildman–Crippen MR) is 93.7 cm³/mol. The monoisotopic (exact) mass is 401 g/mol. The second kappa shape index (κ2) is 6.61. The molecule has 0 saturated carbocycles. The smallest absolute Gasteiger partial charge is 0.376 e. The molecule has 26 heavy (non-hydrogen) atoms. The van der Waals surface area contributed by atoms with Gasteiger partial charge in [0, 0.05) is 32.7 Å². The molecule has 0 spiro atoms. The third-order valence-electron chi connectivity index (χ3n) is 4.10. The molecule has 136 valence electrons. The van der Waals surface area contributed by atoms with E-state index < -0.39 is 29.5 Å². The van der Waals surface area contributed by atoms with E-state index in [4.69, 9.17) is 23.2 Å². The highest BCUT2D eigenvalue weighted by molar-refractivity contribution is 6.34. The number of H-pyrrole nitrogens is 1. The Labute approximate surface area is 156 Å². The van der Waals surface area contributed by atoms with Gasteiger partial charge in [-0.3, -0.25) is 4.79 Å². The van der Waals surface area contributed by atoms with E-state index in [1.54, 1.807) is 18.3 Å². The van der Waals surface area contributed by atoms with Gasteiger partial charge in [0.2, 0.25) is 0 Å². The number of aliphatic hydroxyl groups is 1. The van der Waals surface area contributed by atoms with E-state index in [1.165, 1.54) is 18.2 Å². The van der Waals surface area contributed by atoms with E-state index in [9.17, 15) is 23.1 Å². The van der Waals surface area contributed by atoms with Gasteiger partial charge in [-0.2, -0.15) is 13.2 Å². The standard InChI is InChI=1S/C18H12Cl2F3NO2/c19-13-6-12(7-14(20)8-13)17(26,18(21,22)23)9-16(25)11-1-2-15-10(5-11)3-4-24-15/h1-8,24,26H,9H2. The molecule has 3 aromatic rings. The first-order valence-corrected chi connectivity index (χ1v) is 8.22. The van der Waals surface area contributed by atoms with Crippen LogP contribution in [0.5, 0.6) is 0 Å². The Kier molecular flexibility index (Phi) is 4.77. The van der Waals surface area contributed by atoms with Crippen molar-refractivity contribution in [1.29, 1.82) is 0 Å². The van der Waals surface area contributed by atoms with Crippen LogP contribution in [0.2, 0.25) is 10.0 Å². The zero-order valence-corrected chi connectivity index (χ0v) is 14.6. The Balaban J connectivity index is 2.01. The molecule has 0 aliphatic heterocycles. The van der Waals surface area contributed by atoms with E-state index in [1.807, 2.05) is 0 Å². The zero-order chi connectivity index (χ0) is 19.1. The maximum Gasteiger partial charge on any atom is 0.421 e. The molecule has 0 bridgehead atoms. The summed E-state index contributed by atoms with van der Waals surface area (Å²) in [5.74, 6) is -0.857. The van der Waals surface area contributed by atoms with E-state index in [-0.39, 0.29) is 15.6 Å². The Bertz CT molecular complexity index is 964. The lowest BCUT2D eigenvalue weighted by Gasteiger charge is -2.30. The summed E-state index contributed by atoms with van der Waals surface area (Å²) in [4.78, 5) is 15.4. The third-order valence-corrected chi connectivity index (χ3v) is 4.54. The Hall–Kier alpha value is -2.02. The minimum atomic E-state index is -5.10. The fourth-order valence-corrected chi connectivity index (χ4v) is 3.25. The largest absolute Gasteiger partial charge is 0.421 e. The van der Waals surface area contributed by atoms with Gasteiger partial charge in [0.25, 0.3) is 0 Å². The quantitative estimate of drug-likeness (QED) is 0.567. The fraction of sp³-hybridized carbons (Fsp3) is 0.167. The maximum absolute atomic E-state index is 13.6. The number of aromatic amines is 1. The minimum Gasteiger partial charge on any atom is -0.376 e. The van der Waals surface area contributed by atoms with E-state index >= 15 is 0 Å². The normalized spacial score (nSPS) is 14.4. The molecule has 0 saturated heterocycles. The Morgan fingerprint density at radius 2 is 1.69 bits per heavy atom. The summed E-state index contributed by atoms with van der Waals surface area (Å²) in [5.41, 5.74) is -3.19. The molecule has 0 aliphatic rings. The van der Waals surface area contributed by atoms with E-state index in [0.717, 1.165) is 17.6 Å². The predicted octanol–water partition coefficient (Wildman–Crippen LogP) is 5.50. The van der Waals surface area contributed by atoms with Crippen molar-refractivity contribution in [3.63, 3.8) is 0 Å². The van der Waals surface area contributed by atoms with Crippen LogP contribution in [0.15, 0.2) is 48.7 Å². The van der Waals surface area contributed by atoms with Gasteiger partial charge in [-0.15, -0.1) is 0 Å². The number of carbonyl (C=O) groups excluding carboxylic acids is 1. The molecule has 0 aliphatic carbocycles. The van der Waals surface area contributed by atoms with Crippen LogP contribution in [0.25, 0.3) is 10.9 Å². The Morgan fingerprint density at radius 3 is 2.31 bits per heavy atom. The molecule has 2 N–H and O–H groups in total. The molecule has 1 unspecified atom stereocenters. The molecular weight excluding hydrogens is 390 g/mol.